The van der Waals surface area contributed by atoms with E-state index in [1.165, 1.54) is 12.1 Å². The lowest BCUT2D eigenvalue weighted by Crippen LogP contribution is -2.71. The molecule has 1 rings (SSSR count). The molecule has 0 unspecified atom stereocenters. The topological polar surface area (TPSA) is 66.8 Å². The number of benzene rings is 1. The summed E-state index contributed by atoms with van der Waals surface area (Å²) in [4.78, 5) is 12.0. The van der Waals surface area contributed by atoms with Crippen LogP contribution in [0.2, 0.25) is 0 Å². The molecule has 238 valence electrons. The molecule has 0 aliphatic rings. The zero-order valence-electron chi connectivity index (χ0n) is 22.7. The number of phenols is 1. The number of carbonyl (C=O) groups excluding carboxylic acids is 1. The first-order valence-electron chi connectivity index (χ1n) is 11.8. The maximum atomic E-state index is 14.0. The molecule has 0 saturated carbocycles. The first-order chi connectivity index (χ1) is 17.9. The molecule has 1 aromatic carbocycles. The molecule has 0 bridgehead atoms. The Morgan fingerprint density at radius 3 is 1.39 bits per heavy atom. The summed E-state index contributed by atoms with van der Waals surface area (Å²) >= 11 is 0. The van der Waals surface area contributed by atoms with Gasteiger partial charge in [-0.2, -0.15) is 52.7 Å². The lowest BCUT2D eigenvalue weighted by molar-refractivity contribution is -0.428. The zero-order valence-corrected chi connectivity index (χ0v) is 22.7. The summed E-state index contributed by atoms with van der Waals surface area (Å²) in [5, 5.41) is 18.8. The number of ether oxygens (including phenoxy) is 1. The second-order valence-electron chi connectivity index (χ2n) is 11.6. The van der Waals surface area contributed by atoms with E-state index in [1.54, 1.807) is 41.5 Å². The van der Waals surface area contributed by atoms with Crippen molar-refractivity contribution in [3.05, 3.63) is 28.8 Å². The molecule has 0 atom stereocenters. The molecule has 0 aromatic heterocycles. The molecule has 2 N–H and O–H groups in total. The van der Waals surface area contributed by atoms with Crippen molar-refractivity contribution in [3.63, 3.8) is 0 Å². The van der Waals surface area contributed by atoms with Crippen LogP contribution in [0.25, 0.3) is 0 Å². The Kier molecular flexibility index (Phi) is 9.85. The van der Waals surface area contributed by atoms with E-state index in [0.717, 1.165) is 0 Å². The van der Waals surface area contributed by atoms with E-state index >= 15 is 0 Å². The fourth-order valence-electron chi connectivity index (χ4n) is 3.52. The molecule has 4 nitrogen and oxygen atoms in total. The zero-order chi connectivity index (χ0) is 32.8. The SMILES string of the molecule is CC(C)(C)c1cc(CCC(=O)OCC(F)(F)C(F)(F)C(F)(F)C(F)(F)C(F)(F)C(F)(F)CO)cc(C(C)(C)C)c1O. The number of alkyl halides is 12. The molecule has 16 heteroatoms. The van der Waals surface area contributed by atoms with Crippen LogP contribution in [0.1, 0.15) is 64.7 Å². The van der Waals surface area contributed by atoms with Gasteiger partial charge in [0.2, 0.25) is 0 Å². The van der Waals surface area contributed by atoms with Crippen molar-refractivity contribution in [3.8, 4) is 5.75 Å². The standard InChI is InChI=1S/C25H30F12O4/c1-18(2,3)14-9-13(10-15(17(14)40)19(4,5)6)7-8-16(39)41-12-21(28,29)23(32,33)25(36,37)24(34,35)22(30,31)20(26,27)11-38/h9-10,38,40H,7-8,11-12H2,1-6H3. The summed E-state index contributed by atoms with van der Waals surface area (Å²) in [5.74, 6) is -45.1. The van der Waals surface area contributed by atoms with Crippen molar-refractivity contribution in [1.29, 1.82) is 0 Å². The number of aromatic hydroxyl groups is 1. The van der Waals surface area contributed by atoms with Gasteiger partial charge >= 0.3 is 41.5 Å². The largest absolute Gasteiger partial charge is 0.507 e. The number of carbonyl (C=O) groups is 1. The Hall–Kier alpha value is -2.39. The number of phenolic OH excluding ortho intramolecular Hbond substituents is 1. The summed E-state index contributed by atoms with van der Waals surface area (Å²) < 4.78 is 167. The van der Waals surface area contributed by atoms with Gasteiger partial charge in [0.15, 0.2) is 6.61 Å². The quantitative estimate of drug-likeness (QED) is 0.201. The minimum absolute atomic E-state index is 0.0572. The fourth-order valence-corrected chi connectivity index (χ4v) is 3.52. The van der Waals surface area contributed by atoms with Crippen LogP contribution >= 0.6 is 0 Å². The van der Waals surface area contributed by atoms with Crippen LogP contribution in [0, 0.1) is 0 Å². The van der Waals surface area contributed by atoms with Gasteiger partial charge in [0.25, 0.3) is 0 Å². The Balaban J connectivity index is 3.18. The smallest absolute Gasteiger partial charge is 0.384 e. The third-order valence-electron chi connectivity index (χ3n) is 6.12. The maximum absolute atomic E-state index is 14.0. The van der Waals surface area contributed by atoms with Gasteiger partial charge in [0.1, 0.15) is 12.4 Å². The van der Waals surface area contributed by atoms with Crippen LogP contribution in [0.5, 0.6) is 5.75 Å². The van der Waals surface area contributed by atoms with Gasteiger partial charge in [0.05, 0.1) is 0 Å². The van der Waals surface area contributed by atoms with Crippen LogP contribution < -0.4 is 0 Å². The number of aliphatic hydroxyl groups is 1. The lowest BCUT2D eigenvalue weighted by atomic mass is 9.78. The Labute approximate surface area is 227 Å². The number of aliphatic hydroxyl groups excluding tert-OH is 1. The molecule has 0 amide bonds. The summed E-state index contributed by atoms with van der Waals surface area (Å²) in [6.45, 7) is 4.26. The monoisotopic (exact) mass is 622 g/mol. The molecule has 0 spiro atoms. The predicted octanol–water partition coefficient (Wildman–Crippen LogP) is 7.27. The van der Waals surface area contributed by atoms with Gasteiger partial charge in [-0.25, -0.2) is 0 Å². The highest BCUT2D eigenvalue weighted by Gasteiger charge is 2.90. The minimum Gasteiger partial charge on any atom is -0.507 e. The molecule has 0 aliphatic heterocycles. The van der Waals surface area contributed by atoms with Gasteiger partial charge < -0.3 is 14.9 Å². The summed E-state index contributed by atoms with van der Waals surface area (Å²) in [6, 6.07) is 2.93. The Morgan fingerprint density at radius 1 is 0.683 bits per heavy atom. The summed E-state index contributed by atoms with van der Waals surface area (Å²) in [5.41, 5.74) is -0.0683. The Morgan fingerprint density at radius 2 is 1.05 bits per heavy atom. The molecule has 1 aromatic rings. The van der Waals surface area contributed by atoms with E-state index < -0.39 is 72.0 Å². The van der Waals surface area contributed by atoms with Crippen molar-refractivity contribution in [2.45, 2.75) is 101 Å². The third kappa shape index (κ3) is 6.66. The van der Waals surface area contributed by atoms with Crippen molar-refractivity contribution in [1.82, 2.24) is 0 Å². The summed E-state index contributed by atoms with van der Waals surface area (Å²) in [7, 11) is 0. The highest BCUT2D eigenvalue weighted by Crippen LogP contribution is 2.60. The second kappa shape index (κ2) is 11.0. The average Bonchev–Trinajstić information content (AvgIpc) is 2.79. The van der Waals surface area contributed by atoms with Crippen LogP contribution in [-0.2, 0) is 26.8 Å². The van der Waals surface area contributed by atoms with Gasteiger partial charge in [-0.3, -0.25) is 4.79 Å². The van der Waals surface area contributed by atoms with Crippen LogP contribution in [0.15, 0.2) is 12.1 Å². The first-order valence-corrected chi connectivity index (χ1v) is 11.8. The lowest BCUT2D eigenvalue weighted by Gasteiger charge is -2.40. The summed E-state index contributed by atoms with van der Waals surface area (Å²) in [6.07, 6.45) is -1.16. The van der Waals surface area contributed by atoms with Gasteiger partial charge in [-0.1, -0.05) is 53.7 Å². The van der Waals surface area contributed by atoms with E-state index in [9.17, 15) is 62.6 Å². The molecular weight excluding hydrogens is 592 g/mol. The normalized spacial score (nSPS) is 14.8. The third-order valence-corrected chi connectivity index (χ3v) is 6.12. The molecule has 0 fully saturated rings. The fraction of sp³-hybridized carbons (Fsp3) is 0.720. The molecular formula is C25H30F12O4. The van der Waals surface area contributed by atoms with E-state index in [1.807, 2.05) is 0 Å². The van der Waals surface area contributed by atoms with E-state index in [4.69, 9.17) is 5.11 Å². The highest BCUT2D eigenvalue weighted by atomic mass is 19.4. The first kappa shape index (κ1) is 36.6. The number of hydrogen-bond donors (Lipinski definition) is 2. The second-order valence-corrected chi connectivity index (χ2v) is 11.6. The average molecular weight is 622 g/mol. The number of hydrogen-bond acceptors (Lipinski definition) is 4. The number of aryl methyl sites for hydroxylation is 1. The van der Waals surface area contributed by atoms with E-state index in [2.05, 4.69) is 4.74 Å². The van der Waals surface area contributed by atoms with Crippen molar-refractivity contribution >= 4 is 5.97 Å². The predicted molar refractivity (Wildman–Crippen MR) is 122 cm³/mol. The van der Waals surface area contributed by atoms with E-state index in [-0.39, 0.29) is 12.2 Å². The number of rotatable bonds is 11. The molecule has 0 saturated heterocycles. The van der Waals surface area contributed by atoms with E-state index in [0.29, 0.717) is 16.7 Å². The molecule has 0 aliphatic carbocycles. The minimum atomic E-state index is -7.82. The highest BCUT2D eigenvalue weighted by molar-refractivity contribution is 5.70. The van der Waals surface area contributed by atoms with Gasteiger partial charge in [-0.05, 0) is 33.9 Å². The van der Waals surface area contributed by atoms with Crippen LogP contribution in [-0.4, -0.2) is 64.9 Å². The van der Waals surface area contributed by atoms with Crippen LogP contribution in [0.4, 0.5) is 52.7 Å². The molecule has 41 heavy (non-hydrogen) atoms. The number of esters is 1. The Bertz CT molecular complexity index is 1070. The van der Waals surface area contributed by atoms with Gasteiger partial charge in [0, 0.05) is 6.42 Å². The molecule has 0 radical (unpaired) electrons. The van der Waals surface area contributed by atoms with Crippen molar-refractivity contribution < 1.29 is 72.4 Å². The number of halogens is 12. The van der Waals surface area contributed by atoms with Crippen molar-refractivity contribution in [2.75, 3.05) is 13.2 Å². The maximum Gasteiger partial charge on any atom is 0.384 e. The van der Waals surface area contributed by atoms with Crippen LogP contribution in [0.3, 0.4) is 0 Å². The molecule has 0 heterocycles. The van der Waals surface area contributed by atoms with Crippen molar-refractivity contribution in [2.24, 2.45) is 0 Å². The van der Waals surface area contributed by atoms with Gasteiger partial charge in [-0.15, -0.1) is 0 Å².